The summed E-state index contributed by atoms with van der Waals surface area (Å²) in [5, 5.41) is 3.06. The van der Waals surface area contributed by atoms with Crippen LogP contribution in [0.5, 0.6) is 0 Å². The van der Waals surface area contributed by atoms with Crippen molar-refractivity contribution >= 4 is 17.3 Å². The Bertz CT molecular complexity index is 681. The van der Waals surface area contributed by atoms with Crippen molar-refractivity contribution in [3.63, 3.8) is 0 Å². The highest BCUT2D eigenvalue weighted by molar-refractivity contribution is 5.94. The summed E-state index contributed by atoms with van der Waals surface area (Å²) in [5.74, 6) is 0.123. The first kappa shape index (κ1) is 13.7. The molecule has 0 aromatic heterocycles. The maximum atomic E-state index is 12.5. The molecule has 1 aliphatic carbocycles. The zero-order valence-corrected chi connectivity index (χ0v) is 12.4. The van der Waals surface area contributed by atoms with Gasteiger partial charge in [-0.2, -0.15) is 0 Å². The molecule has 3 rings (SSSR count). The lowest BCUT2D eigenvalue weighted by Crippen LogP contribution is -2.23. The van der Waals surface area contributed by atoms with E-state index in [0.29, 0.717) is 0 Å². The summed E-state index contributed by atoms with van der Waals surface area (Å²) >= 11 is 0. The van der Waals surface area contributed by atoms with Gasteiger partial charge in [-0.3, -0.25) is 4.79 Å². The molecule has 0 spiro atoms. The van der Waals surface area contributed by atoms with Gasteiger partial charge in [-0.1, -0.05) is 24.3 Å². The van der Waals surface area contributed by atoms with Crippen LogP contribution in [-0.2, 0) is 17.6 Å². The number of nitrogens with one attached hydrogen (secondary N) is 1. The highest BCUT2D eigenvalue weighted by atomic mass is 16.1. The molecule has 1 amide bonds. The molecular formula is C18H20N2O. The zero-order valence-electron chi connectivity index (χ0n) is 12.4. The SMILES string of the molecule is Cc1cc(NC(=O)C2Cc3ccccc3C2)c(C)cc1N. The molecule has 0 fully saturated rings. The summed E-state index contributed by atoms with van der Waals surface area (Å²) in [5.41, 5.74) is 12.1. The van der Waals surface area contributed by atoms with Gasteiger partial charge in [0.25, 0.3) is 0 Å². The van der Waals surface area contributed by atoms with Gasteiger partial charge in [0.1, 0.15) is 0 Å². The number of hydrogen-bond donors (Lipinski definition) is 2. The second kappa shape index (κ2) is 5.24. The van der Waals surface area contributed by atoms with Crippen LogP contribution in [0.4, 0.5) is 11.4 Å². The molecule has 0 unspecified atom stereocenters. The van der Waals surface area contributed by atoms with Gasteiger partial charge in [-0.05, 0) is 61.1 Å². The van der Waals surface area contributed by atoms with E-state index in [-0.39, 0.29) is 11.8 Å². The highest BCUT2D eigenvalue weighted by Crippen LogP contribution is 2.28. The van der Waals surface area contributed by atoms with Crippen molar-refractivity contribution in [3.05, 3.63) is 58.7 Å². The van der Waals surface area contributed by atoms with Crippen LogP contribution in [0.2, 0.25) is 0 Å². The minimum Gasteiger partial charge on any atom is -0.399 e. The van der Waals surface area contributed by atoms with Crippen molar-refractivity contribution in [2.24, 2.45) is 5.92 Å². The van der Waals surface area contributed by atoms with Crippen molar-refractivity contribution in [2.45, 2.75) is 26.7 Å². The Balaban J connectivity index is 1.75. The van der Waals surface area contributed by atoms with Gasteiger partial charge in [0.05, 0.1) is 0 Å². The monoisotopic (exact) mass is 280 g/mol. The van der Waals surface area contributed by atoms with Crippen LogP contribution in [0, 0.1) is 19.8 Å². The Labute approximate surface area is 125 Å². The van der Waals surface area contributed by atoms with Gasteiger partial charge < -0.3 is 11.1 Å². The fraction of sp³-hybridized carbons (Fsp3) is 0.278. The summed E-state index contributed by atoms with van der Waals surface area (Å²) in [7, 11) is 0. The van der Waals surface area contributed by atoms with E-state index >= 15 is 0 Å². The summed E-state index contributed by atoms with van der Waals surface area (Å²) in [6, 6.07) is 12.2. The average Bonchev–Trinajstić information content (AvgIpc) is 2.88. The summed E-state index contributed by atoms with van der Waals surface area (Å²) in [6.07, 6.45) is 1.66. The van der Waals surface area contributed by atoms with E-state index in [4.69, 9.17) is 5.73 Å². The second-order valence-corrected chi connectivity index (χ2v) is 5.89. The maximum Gasteiger partial charge on any atom is 0.228 e. The molecule has 2 aromatic rings. The number of amides is 1. The summed E-state index contributed by atoms with van der Waals surface area (Å²) in [6.45, 7) is 3.92. The third kappa shape index (κ3) is 2.64. The standard InChI is InChI=1S/C18H20N2O/c1-11-8-17(12(2)7-16(11)19)20-18(21)15-9-13-5-3-4-6-14(13)10-15/h3-8,15H,9-10,19H2,1-2H3,(H,20,21). The van der Waals surface area contributed by atoms with Crippen LogP contribution < -0.4 is 11.1 Å². The Kier molecular flexibility index (Phi) is 3.42. The van der Waals surface area contributed by atoms with Gasteiger partial charge in [-0.25, -0.2) is 0 Å². The van der Waals surface area contributed by atoms with Crippen LogP contribution >= 0.6 is 0 Å². The molecule has 0 saturated heterocycles. The maximum absolute atomic E-state index is 12.5. The van der Waals surface area contributed by atoms with Gasteiger partial charge in [0, 0.05) is 17.3 Å². The van der Waals surface area contributed by atoms with Crippen LogP contribution in [0.3, 0.4) is 0 Å². The van der Waals surface area contributed by atoms with Gasteiger partial charge in [0.2, 0.25) is 5.91 Å². The molecule has 2 aromatic carbocycles. The summed E-state index contributed by atoms with van der Waals surface area (Å²) < 4.78 is 0. The number of hydrogen-bond acceptors (Lipinski definition) is 2. The van der Waals surface area contributed by atoms with Crippen molar-refractivity contribution in [1.29, 1.82) is 0 Å². The van der Waals surface area contributed by atoms with Crippen molar-refractivity contribution in [3.8, 4) is 0 Å². The molecule has 108 valence electrons. The average molecular weight is 280 g/mol. The van der Waals surface area contributed by atoms with E-state index in [1.54, 1.807) is 0 Å². The second-order valence-electron chi connectivity index (χ2n) is 5.89. The number of benzene rings is 2. The van der Waals surface area contributed by atoms with E-state index < -0.39 is 0 Å². The molecule has 3 nitrogen and oxygen atoms in total. The van der Waals surface area contributed by atoms with Crippen molar-refractivity contribution in [1.82, 2.24) is 0 Å². The first-order valence-electron chi connectivity index (χ1n) is 7.29. The number of nitrogen functional groups attached to an aromatic ring is 1. The van der Waals surface area contributed by atoms with Crippen molar-refractivity contribution in [2.75, 3.05) is 11.1 Å². The van der Waals surface area contributed by atoms with Gasteiger partial charge in [0.15, 0.2) is 0 Å². The zero-order chi connectivity index (χ0) is 15.0. The first-order valence-corrected chi connectivity index (χ1v) is 7.29. The van der Waals surface area contributed by atoms with Crippen LogP contribution in [0.25, 0.3) is 0 Å². The number of fused-ring (bicyclic) bond motifs is 1. The van der Waals surface area contributed by atoms with E-state index in [1.165, 1.54) is 11.1 Å². The number of aryl methyl sites for hydroxylation is 2. The quantitative estimate of drug-likeness (QED) is 0.830. The van der Waals surface area contributed by atoms with Gasteiger partial charge >= 0.3 is 0 Å². The lowest BCUT2D eigenvalue weighted by atomic mass is 10.0. The predicted molar refractivity (Wildman–Crippen MR) is 86.3 cm³/mol. The van der Waals surface area contributed by atoms with Crippen LogP contribution in [0.1, 0.15) is 22.3 Å². The number of carbonyl (C=O) groups is 1. The van der Waals surface area contributed by atoms with E-state index in [1.807, 2.05) is 38.1 Å². The molecule has 0 radical (unpaired) electrons. The molecule has 0 atom stereocenters. The molecule has 1 aliphatic rings. The minimum atomic E-state index is 0.0275. The first-order chi connectivity index (χ1) is 10.0. The third-order valence-electron chi connectivity index (χ3n) is 4.29. The lowest BCUT2D eigenvalue weighted by Gasteiger charge is -2.14. The van der Waals surface area contributed by atoms with Gasteiger partial charge in [-0.15, -0.1) is 0 Å². The minimum absolute atomic E-state index is 0.0275. The molecule has 0 aliphatic heterocycles. The summed E-state index contributed by atoms with van der Waals surface area (Å²) in [4.78, 5) is 12.5. The molecule has 21 heavy (non-hydrogen) atoms. The van der Waals surface area contributed by atoms with E-state index in [0.717, 1.165) is 35.3 Å². The molecule has 0 heterocycles. The van der Waals surface area contributed by atoms with Crippen molar-refractivity contribution < 1.29 is 4.79 Å². The fourth-order valence-corrected chi connectivity index (χ4v) is 2.95. The smallest absolute Gasteiger partial charge is 0.228 e. The molecule has 0 saturated carbocycles. The molecule has 3 heteroatoms. The Morgan fingerprint density at radius 2 is 1.71 bits per heavy atom. The van der Waals surface area contributed by atoms with Crippen LogP contribution in [-0.4, -0.2) is 5.91 Å². The molecular weight excluding hydrogens is 260 g/mol. The fourth-order valence-electron chi connectivity index (χ4n) is 2.95. The van der Waals surface area contributed by atoms with E-state index in [2.05, 4.69) is 17.4 Å². The number of carbonyl (C=O) groups excluding carboxylic acids is 1. The molecule has 0 bridgehead atoms. The largest absolute Gasteiger partial charge is 0.399 e. The Morgan fingerprint density at radius 3 is 2.33 bits per heavy atom. The third-order valence-corrected chi connectivity index (χ3v) is 4.29. The topological polar surface area (TPSA) is 55.1 Å². The Morgan fingerprint density at radius 1 is 1.10 bits per heavy atom. The van der Waals surface area contributed by atoms with Crippen LogP contribution in [0.15, 0.2) is 36.4 Å². The predicted octanol–water partition coefficient (Wildman–Crippen LogP) is 3.24. The number of anilines is 2. The highest BCUT2D eigenvalue weighted by Gasteiger charge is 2.27. The Hall–Kier alpha value is -2.29. The van der Waals surface area contributed by atoms with E-state index in [9.17, 15) is 4.79 Å². The molecule has 3 N–H and O–H groups in total. The number of rotatable bonds is 2. The lowest BCUT2D eigenvalue weighted by molar-refractivity contribution is -0.119. The number of nitrogens with two attached hydrogens (primary N) is 1. The normalized spacial score (nSPS) is 14.0.